The second-order valence-corrected chi connectivity index (χ2v) is 15.0. The molecule has 0 atom stereocenters. The number of anilines is 2. The quantitative estimate of drug-likeness (QED) is 0.303. The van der Waals surface area contributed by atoms with E-state index in [1.807, 2.05) is 24.3 Å². The third-order valence-electron chi connectivity index (χ3n) is 11.2. The Morgan fingerprint density at radius 2 is 1.20 bits per heavy atom. The first kappa shape index (κ1) is 34.4. The minimum atomic E-state index is -0.906. The predicted molar refractivity (Wildman–Crippen MR) is 198 cm³/mol. The molecule has 1 aliphatic carbocycles. The molecule has 0 spiro atoms. The van der Waals surface area contributed by atoms with Crippen molar-refractivity contribution in [2.45, 2.75) is 71.1 Å². The van der Waals surface area contributed by atoms with Gasteiger partial charge in [-0.05, 0) is 85.5 Å². The zero-order chi connectivity index (χ0) is 35.2. The normalized spacial score (nSPS) is 23.3. The maximum atomic E-state index is 11.8. The number of hydrogen-bond donors (Lipinski definition) is 2. The Morgan fingerprint density at radius 3 is 1.61 bits per heavy atom. The van der Waals surface area contributed by atoms with Crippen molar-refractivity contribution in [2.24, 2.45) is 0 Å². The van der Waals surface area contributed by atoms with Gasteiger partial charge in [-0.2, -0.15) is 0 Å². The highest BCUT2D eigenvalue weighted by molar-refractivity contribution is 6.12. The molecule has 4 aliphatic rings. The molecule has 0 radical (unpaired) electrons. The molecular weight excluding hydrogens is 612 g/mol. The Morgan fingerprint density at radius 1 is 0.755 bits per heavy atom. The van der Waals surface area contributed by atoms with Crippen molar-refractivity contribution in [1.29, 1.82) is 0 Å². The molecule has 6 rings (SSSR count). The summed E-state index contributed by atoms with van der Waals surface area (Å²) in [5, 5.41) is 19.3. The summed E-state index contributed by atoms with van der Waals surface area (Å²) in [6.45, 7) is 16.2. The standard InChI is InChI=1S/C41H50N4O4/c1-8-9-20-44-21-23-45(24-22-44)37-27(14-18-35-40(2,3)31-25-29(38(46)47)12-16-33(31)42(35)6)10-11-28(37)15-19-36-41(4,5)32-26-30(39(48)49)13-17-34(32)43(36)7/h12-19,25-26H,8-11,20-24H2,1-7H3,(H-,46,47,48,49)/p+1. The molecule has 258 valence electrons. The number of allylic oxidation sites excluding steroid dienone is 8. The van der Waals surface area contributed by atoms with Gasteiger partial charge >= 0.3 is 11.9 Å². The summed E-state index contributed by atoms with van der Waals surface area (Å²) in [5.41, 5.74) is 10.4. The van der Waals surface area contributed by atoms with Crippen molar-refractivity contribution >= 4 is 29.0 Å². The van der Waals surface area contributed by atoms with Crippen molar-refractivity contribution in [3.8, 4) is 0 Å². The summed E-state index contributed by atoms with van der Waals surface area (Å²) in [6, 6.07) is 10.9. The summed E-state index contributed by atoms with van der Waals surface area (Å²) in [4.78, 5) is 30.5. The van der Waals surface area contributed by atoms with Crippen LogP contribution < -0.4 is 9.80 Å². The van der Waals surface area contributed by atoms with E-state index in [0.717, 1.165) is 79.5 Å². The van der Waals surface area contributed by atoms with Crippen LogP contribution in [0.25, 0.3) is 0 Å². The van der Waals surface area contributed by atoms with Crippen LogP contribution in [0.4, 0.5) is 11.4 Å². The van der Waals surface area contributed by atoms with Gasteiger partial charge in [-0.25, -0.2) is 14.2 Å². The van der Waals surface area contributed by atoms with Gasteiger partial charge in [0.25, 0.3) is 0 Å². The molecule has 8 heteroatoms. The maximum Gasteiger partial charge on any atom is 0.335 e. The minimum Gasteiger partial charge on any atom is -0.478 e. The minimum absolute atomic E-state index is 0.315. The number of unbranched alkanes of at least 4 members (excludes halogenated alkanes) is 1. The lowest BCUT2D eigenvalue weighted by Gasteiger charge is -2.26. The number of carboxylic acids is 2. The average Bonchev–Trinajstić information content (AvgIpc) is 3.63. The molecule has 0 aromatic heterocycles. The lowest BCUT2D eigenvalue weighted by Crippen LogP contribution is -2.44. The second kappa shape index (κ2) is 13.1. The highest BCUT2D eigenvalue weighted by Crippen LogP contribution is 2.48. The molecule has 0 amide bonds. The molecule has 2 aromatic carbocycles. The van der Waals surface area contributed by atoms with Crippen molar-refractivity contribution in [3.05, 3.63) is 105 Å². The lowest BCUT2D eigenvalue weighted by atomic mass is 9.83. The SMILES string of the molecule is CCCCN1CC[N+](=C2C(=CC=C3N(C)c4ccc(C(=O)O)cc4C3(C)C)CC/C2=C\C=C2\N(C)c3ccc(C(=O)O)cc3C2(C)C)CC1. The highest BCUT2D eigenvalue weighted by Gasteiger charge is 2.41. The number of rotatable bonds is 7. The lowest BCUT2D eigenvalue weighted by molar-refractivity contribution is -0.538. The summed E-state index contributed by atoms with van der Waals surface area (Å²) in [6.07, 6.45) is 13.4. The number of carboxylic acid groups (broad SMARTS) is 2. The third kappa shape index (κ3) is 6.16. The number of likely N-dealkylation sites (N-methyl/N-ethyl adjacent to an activating group) is 2. The highest BCUT2D eigenvalue weighted by atomic mass is 16.4. The molecular formula is C41H51N4O4+. The van der Waals surface area contributed by atoms with Gasteiger partial charge in [0.15, 0.2) is 13.1 Å². The summed E-state index contributed by atoms with van der Waals surface area (Å²) in [5.74, 6) is -1.81. The zero-order valence-corrected chi connectivity index (χ0v) is 30.1. The van der Waals surface area contributed by atoms with E-state index in [2.05, 4.69) is 92.3 Å². The van der Waals surface area contributed by atoms with Crippen LogP contribution in [0.15, 0.2) is 83.2 Å². The molecule has 3 heterocycles. The third-order valence-corrected chi connectivity index (χ3v) is 11.2. The maximum absolute atomic E-state index is 11.8. The van der Waals surface area contributed by atoms with Crippen LogP contribution in [0.5, 0.6) is 0 Å². The molecule has 49 heavy (non-hydrogen) atoms. The number of benzene rings is 2. The summed E-state index contributed by atoms with van der Waals surface area (Å²) in [7, 11) is 4.14. The second-order valence-electron chi connectivity index (χ2n) is 15.0. The topological polar surface area (TPSA) is 87.3 Å². The number of fused-ring (bicyclic) bond motifs is 2. The Kier molecular flexibility index (Phi) is 9.22. The largest absolute Gasteiger partial charge is 0.478 e. The molecule has 1 saturated heterocycles. The molecule has 2 fully saturated rings. The summed E-state index contributed by atoms with van der Waals surface area (Å²) < 4.78 is 2.58. The van der Waals surface area contributed by atoms with E-state index in [-0.39, 0.29) is 10.8 Å². The Hall–Kier alpha value is -4.43. The van der Waals surface area contributed by atoms with E-state index in [4.69, 9.17) is 0 Å². The van der Waals surface area contributed by atoms with E-state index in [0.29, 0.717) is 11.1 Å². The van der Waals surface area contributed by atoms with Crippen molar-refractivity contribution in [2.75, 3.05) is 56.6 Å². The first-order valence-electron chi connectivity index (χ1n) is 17.7. The monoisotopic (exact) mass is 663 g/mol. The van der Waals surface area contributed by atoms with E-state index in [9.17, 15) is 19.8 Å². The number of nitrogens with zero attached hydrogens (tertiary/aromatic N) is 4. The number of hydrogen-bond acceptors (Lipinski definition) is 5. The van der Waals surface area contributed by atoms with Crippen LogP contribution >= 0.6 is 0 Å². The Bertz CT molecular complexity index is 1730. The fraction of sp³-hybridized carbons (Fsp3) is 0.439. The van der Waals surface area contributed by atoms with Gasteiger partial charge in [0.05, 0.1) is 24.2 Å². The number of aromatic carboxylic acids is 2. The molecule has 0 unspecified atom stereocenters. The van der Waals surface area contributed by atoms with Gasteiger partial charge in [0, 0.05) is 58.8 Å². The van der Waals surface area contributed by atoms with E-state index < -0.39 is 11.9 Å². The summed E-state index contributed by atoms with van der Waals surface area (Å²) >= 11 is 0. The van der Waals surface area contributed by atoms with Gasteiger partial charge in [-0.3, -0.25) is 4.90 Å². The van der Waals surface area contributed by atoms with Crippen LogP contribution in [-0.2, 0) is 10.8 Å². The first-order valence-corrected chi connectivity index (χ1v) is 17.7. The molecule has 1 saturated carbocycles. The van der Waals surface area contributed by atoms with Crippen LogP contribution in [0, 0.1) is 0 Å². The van der Waals surface area contributed by atoms with Crippen molar-refractivity contribution in [3.63, 3.8) is 0 Å². The van der Waals surface area contributed by atoms with Crippen LogP contribution in [0.3, 0.4) is 0 Å². The van der Waals surface area contributed by atoms with Crippen LogP contribution in [0.1, 0.15) is 92.1 Å². The van der Waals surface area contributed by atoms with Crippen molar-refractivity contribution in [1.82, 2.24) is 4.90 Å². The number of carbonyl (C=O) groups is 2. The van der Waals surface area contributed by atoms with Gasteiger partial charge in [-0.1, -0.05) is 53.2 Å². The Labute approximate surface area is 291 Å². The number of piperazine rings is 1. The average molecular weight is 664 g/mol. The molecule has 3 aliphatic heterocycles. The van der Waals surface area contributed by atoms with Crippen molar-refractivity contribution < 1.29 is 24.4 Å². The van der Waals surface area contributed by atoms with Gasteiger partial charge in [0.1, 0.15) is 0 Å². The zero-order valence-electron chi connectivity index (χ0n) is 30.1. The van der Waals surface area contributed by atoms with Crippen LogP contribution in [0.2, 0.25) is 0 Å². The van der Waals surface area contributed by atoms with E-state index in [1.54, 1.807) is 12.1 Å². The molecule has 8 nitrogen and oxygen atoms in total. The Balaban J connectivity index is 1.37. The first-order chi connectivity index (χ1) is 23.2. The molecule has 2 aromatic rings. The molecule has 2 N–H and O–H groups in total. The van der Waals surface area contributed by atoms with E-state index >= 15 is 0 Å². The van der Waals surface area contributed by atoms with Crippen LogP contribution in [-0.4, -0.2) is 84.2 Å². The molecule has 0 bridgehead atoms. The fourth-order valence-corrected chi connectivity index (χ4v) is 8.32. The smallest absolute Gasteiger partial charge is 0.335 e. The fourth-order valence-electron chi connectivity index (χ4n) is 8.32. The van der Waals surface area contributed by atoms with Gasteiger partial charge in [0.2, 0.25) is 5.71 Å². The van der Waals surface area contributed by atoms with Gasteiger partial charge in [-0.15, -0.1) is 0 Å². The predicted octanol–water partition coefficient (Wildman–Crippen LogP) is 7.22. The van der Waals surface area contributed by atoms with Gasteiger partial charge < -0.3 is 20.0 Å². The van der Waals surface area contributed by atoms with E-state index in [1.165, 1.54) is 29.7 Å².